The second-order valence-electron chi connectivity index (χ2n) is 4.67. The van der Waals surface area contributed by atoms with Crippen molar-refractivity contribution in [2.24, 2.45) is 0 Å². The lowest BCUT2D eigenvalue weighted by atomic mass is 9.98. The third kappa shape index (κ3) is 3.30. The summed E-state index contributed by atoms with van der Waals surface area (Å²) in [7, 11) is 1.45. The first-order valence-corrected chi connectivity index (χ1v) is 6.08. The van der Waals surface area contributed by atoms with E-state index in [-0.39, 0.29) is 11.9 Å². The number of nitrogens with one attached hydrogen (secondary N) is 1. The fraction of sp³-hybridized carbons (Fsp3) is 0.500. The Labute approximate surface area is 102 Å². The summed E-state index contributed by atoms with van der Waals surface area (Å²) in [5.74, 6) is -0.358. The molecular formula is C14H19NO2. The molecule has 0 heterocycles. The second kappa shape index (κ2) is 5.32. The molecule has 1 atom stereocenters. The van der Waals surface area contributed by atoms with E-state index in [9.17, 15) is 4.79 Å². The largest absolute Gasteiger partial charge is 0.469 e. The molecule has 2 rings (SSSR count). The third-order valence-corrected chi connectivity index (χ3v) is 3.15. The molecule has 0 aliphatic heterocycles. The van der Waals surface area contributed by atoms with Crippen molar-refractivity contribution in [3.63, 3.8) is 0 Å². The molecular weight excluding hydrogens is 214 g/mol. The zero-order valence-corrected chi connectivity index (χ0v) is 10.4. The summed E-state index contributed by atoms with van der Waals surface area (Å²) < 4.78 is 4.87. The van der Waals surface area contributed by atoms with E-state index in [1.165, 1.54) is 25.5 Å². The van der Waals surface area contributed by atoms with Crippen LogP contribution in [0.4, 0.5) is 0 Å². The van der Waals surface area contributed by atoms with Crippen LogP contribution in [0, 0.1) is 6.92 Å². The standard InChI is InChI=1S/C14H19NO2/c1-10-3-5-11(6-4-10)13(14(16)17-2)9-15-12-7-8-12/h3-6,12-13,15H,7-9H2,1-2H3. The van der Waals surface area contributed by atoms with Crippen LogP contribution in [0.2, 0.25) is 0 Å². The van der Waals surface area contributed by atoms with Crippen molar-refractivity contribution in [3.8, 4) is 0 Å². The number of methoxy groups -OCH3 is 1. The third-order valence-electron chi connectivity index (χ3n) is 3.15. The summed E-state index contributed by atoms with van der Waals surface area (Å²) in [4.78, 5) is 11.8. The number of aryl methyl sites for hydroxylation is 1. The van der Waals surface area contributed by atoms with Crippen LogP contribution in [0.3, 0.4) is 0 Å². The van der Waals surface area contributed by atoms with Crippen molar-refractivity contribution in [1.29, 1.82) is 0 Å². The molecule has 1 N–H and O–H groups in total. The van der Waals surface area contributed by atoms with Crippen LogP contribution in [0.5, 0.6) is 0 Å². The van der Waals surface area contributed by atoms with E-state index in [1.807, 2.05) is 31.2 Å². The minimum atomic E-state index is -0.193. The molecule has 1 unspecified atom stereocenters. The second-order valence-corrected chi connectivity index (χ2v) is 4.67. The SMILES string of the molecule is COC(=O)C(CNC1CC1)c1ccc(C)cc1. The highest BCUT2D eigenvalue weighted by Crippen LogP contribution is 2.22. The lowest BCUT2D eigenvalue weighted by Gasteiger charge is -2.15. The van der Waals surface area contributed by atoms with Crippen molar-refractivity contribution in [1.82, 2.24) is 5.32 Å². The molecule has 1 aliphatic rings. The van der Waals surface area contributed by atoms with E-state index >= 15 is 0 Å². The quantitative estimate of drug-likeness (QED) is 0.791. The molecule has 0 bridgehead atoms. The van der Waals surface area contributed by atoms with Gasteiger partial charge in [0.15, 0.2) is 0 Å². The Morgan fingerprint density at radius 3 is 2.59 bits per heavy atom. The van der Waals surface area contributed by atoms with E-state index < -0.39 is 0 Å². The lowest BCUT2D eigenvalue weighted by molar-refractivity contribution is -0.142. The highest BCUT2D eigenvalue weighted by atomic mass is 16.5. The van der Waals surface area contributed by atoms with Gasteiger partial charge in [-0.2, -0.15) is 0 Å². The molecule has 0 aromatic heterocycles. The molecule has 92 valence electrons. The molecule has 1 saturated carbocycles. The zero-order chi connectivity index (χ0) is 12.3. The van der Waals surface area contributed by atoms with Gasteiger partial charge in [-0.1, -0.05) is 29.8 Å². The Hall–Kier alpha value is -1.35. The summed E-state index contributed by atoms with van der Waals surface area (Å²) in [5, 5.41) is 3.38. The van der Waals surface area contributed by atoms with E-state index in [2.05, 4.69) is 5.32 Å². The predicted octanol–water partition coefficient (Wildman–Crippen LogP) is 2.00. The van der Waals surface area contributed by atoms with Crippen LogP contribution in [-0.4, -0.2) is 25.7 Å². The van der Waals surface area contributed by atoms with Crippen LogP contribution in [-0.2, 0) is 9.53 Å². The number of benzene rings is 1. The van der Waals surface area contributed by atoms with Gasteiger partial charge in [-0.3, -0.25) is 4.79 Å². The van der Waals surface area contributed by atoms with Crippen molar-refractivity contribution >= 4 is 5.97 Å². The Balaban J connectivity index is 2.07. The summed E-state index contributed by atoms with van der Waals surface area (Å²) in [5.41, 5.74) is 2.23. The summed E-state index contributed by atoms with van der Waals surface area (Å²) in [6.07, 6.45) is 2.45. The Morgan fingerprint density at radius 1 is 1.41 bits per heavy atom. The molecule has 0 radical (unpaired) electrons. The number of ether oxygens (including phenoxy) is 1. The van der Waals surface area contributed by atoms with Gasteiger partial charge in [0.1, 0.15) is 0 Å². The molecule has 3 heteroatoms. The van der Waals surface area contributed by atoms with Crippen molar-refractivity contribution in [2.45, 2.75) is 31.7 Å². The van der Waals surface area contributed by atoms with Gasteiger partial charge in [0, 0.05) is 12.6 Å². The van der Waals surface area contributed by atoms with Crippen molar-refractivity contribution < 1.29 is 9.53 Å². The summed E-state index contributed by atoms with van der Waals surface area (Å²) >= 11 is 0. The lowest BCUT2D eigenvalue weighted by Crippen LogP contribution is -2.29. The maximum Gasteiger partial charge on any atom is 0.314 e. The Morgan fingerprint density at radius 2 is 2.06 bits per heavy atom. The van der Waals surface area contributed by atoms with Gasteiger partial charge in [-0.25, -0.2) is 0 Å². The first-order valence-electron chi connectivity index (χ1n) is 6.08. The molecule has 0 spiro atoms. The van der Waals surface area contributed by atoms with Gasteiger partial charge >= 0.3 is 5.97 Å². The maximum atomic E-state index is 11.8. The first kappa shape index (κ1) is 12.1. The van der Waals surface area contributed by atoms with Gasteiger partial charge in [0.2, 0.25) is 0 Å². The topological polar surface area (TPSA) is 38.3 Å². The van der Waals surface area contributed by atoms with E-state index in [0.29, 0.717) is 12.6 Å². The van der Waals surface area contributed by atoms with Gasteiger partial charge in [0.05, 0.1) is 13.0 Å². The van der Waals surface area contributed by atoms with Gasteiger partial charge in [-0.15, -0.1) is 0 Å². The van der Waals surface area contributed by atoms with Gasteiger partial charge in [0.25, 0.3) is 0 Å². The number of hydrogen-bond acceptors (Lipinski definition) is 3. The molecule has 0 amide bonds. The molecule has 1 aromatic rings. The van der Waals surface area contributed by atoms with E-state index in [4.69, 9.17) is 4.74 Å². The predicted molar refractivity (Wildman–Crippen MR) is 67.0 cm³/mol. The number of rotatable bonds is 5. The highest BCUT2D eigenvalue weighted by molar-refractivity contribution is 5.78. The number of esters is 1. The molecule has 0 saturated heterocycles. The van der Waals surface area contributed by atoms with Crippen molar-refractivity contribution in [2.75, 3.05) is 13.7 Å². The first-order chi connectivity index (χ1) is 8.20. The monoisotopic (exact) mass is 233 g/mol. The van der Waals surface area contributed by atoms with Gasteiger partial charge in [-0.05, 0) is 25.3 Å². The van der Waals surface area contributed by atoms with E-state index in [0.717, 1.165) is 5.56 Å². The highest BCUT2D eigenvalue weighted by Gasteiger charge is 2.26. The van der Waals surface area contributed by atoms with Gasteiger partial charge < -0.3 is 10.1 Å². The zero-order valence-electron chi connectivity index (χ0n) is 10.4. The fourth-order valence-electron chi connectivity index (χ4n) is 1.85. The van der Waals surface area contributed by atoms with Crippen LogP contribution in [0.15, 0.2) is 24.3 Å². The molecule has 1 aromatic carbocycles. The van der Waals surface area contributed by atoms with E-state index in [1.54, 1.807) is 0 Å². The number of hydrogen-bond donors (Lipinski definition) is 1. The minimum Gasteiger partial charge on any atom is -0.469 e. The Kier molecular flexibility index (Phi) is 3.79. The maximum absolute atomic E-state index is 11.8. The minimum absolute atomic E-state index is 0.165. The van der Waals surface area contributed by atoms with Crippen LogP contribution >= 0.6 is 0 Å². The molecule has 1 fully saturated rings. The van der Waals surface area contributed by atoms with Crippen LogP contribution < -0.4 is 5.32 Å². The number of carbonyl (C=O) groups excluding carboxylic acids is 1. The normalized spacial score (nSPS) is 16.6. The van der Waals surface area contributed by atoms with Crippen LogP contribution in [0.1, 0.15) is 29.9 Å². The fourth-order valence-corrected chi connectivity index (χ4v) is 1.85. The summed E-state index contributed by atoms with van der Waals surface area (Å²) in [6.45, 7) is 2.71. The average Bonchev–Trinajstić information content (AvgIpc) is 3.15. The van der Waals surface area contributed by atoms with Crippen molar-refractivity contribution in [3.05, 3.63) is 35.4 Å². The smallest absolute Gasteiger partial charge is 0.314 e. The summed E-state index contributed by atoms with van der Waals surface area (Å²) in [6, 6.07) is 8.68. The molecule has 17 heavy (non-hydrogen) atoms. The number of carbonyl (C=O) groups is 1. The molecule has 1 aliphatic carbocycles. The van der Waals surface area contributed by atoms with Crippen LogP contribution in [0.25, 0.3) is 0 Å². The Bertz CT molecular complexity index is 382. The average molecular weight is 233 g/mol. The molecule has 3 nitrogen and oxygen atoms in total.